The van der Waals surface area contributed by atoms with E-state index in [1.807, 2.05) is 12.1 Å². The molecule has 0 aromatic carbocycles. The molecule has 1 aliphatic carbocycles. The van der Waals surface area contributed by atoms with Crippen molar-refractivity contribution in [2.75, 3.05) is 0 Å². The number of rotatable bonds is 1. The van der Waals surface area contributed by atoms with Crippen LogP contribution in [0, 0.1) is 5.41 Å². The lowest BCUT2D eigenvalue weighted by atomic mass is 9.75. The van der Waals surface area contributed by atoms with Crippen LogP contribution in [0.25, 0.3) is 11.5 Å². The molecule has 0 spiro atoms. The molecule has 2 aromatic rings. The summed E-state index contributed by atoms with van der Waals surface area (Å²) in [6.07, 6.45) is 4.41. The summed E-state index contributed by atoms with van der Waals surface area (Å²) in [7, 11) is 0. The molecule has 0 bridgehead atoms. The van der Waals surface area contributed by atoms with Gasteiger partial charge in [-0.25, -0.2) is 9.97 Å². The molecule has 0 N–H and O–H groups in total. The van der Waals surface area contributed by atoms with Gasteiger partial charge in [0.1, 0.15) is 5.69 Å². The Hall–Kier alpha value is -1.97. The Balaban J connectivity index is 2.08. The number of Topliss-reactive ketones (excluding diaryl/α,β-unsaturated/α-hetero) is 1. The van der Waals surface area contributed by atoms with Crippen molar-refractivity contribution in [3.8, 4) is 11.5 Å². The van der Waals surface area contributed by atoms with E-state index in [1.54, 1.807) is 6.20 Å². The van der Waals surface area contributed by atoms with Gasteiger partial charge in [0, 0.05) is 12.0 Å². The Morgan fingerprint density at radius 3 is 2.83 bits per heavy atom. The van der Waals surface area contributed by atoms with Crippen molar-refractivity contribution in [1.82, 2.24) is 9.97 Å². The van der Waals surface area contributed by atoms with Crippen LogP contribution in [0.2, 0.25) is 0 Å². The molecule has 1 aliphatic rings. The van der Waals surface area contributed by atoms with E-state index >= 15 is 0 Å². The summed E-state index contributed by atoms with van der Waals surface area (Å²) in [5, 5.41) is 0. The zero-order valence-corrected chi connectivity index (χ0v) is 10.4. The van der Waals surface area contributed by atoms with Gasteiger partial charge in [0.15, 0.2) is 17.9 Å². The lowest BCUT2D eigenvalue weighted by Gasteiger charge is -2.29. The second kappa shape index (κ2) is 3.77. The summed E-state index contributed by atoms with van der Waals surface area (Å²) in [4.78, 5) is 20.5. The van der Waals surface area contributed by atoms with Crippen molar-refractivity contribution >= 4 is 5.78 Å². The molecule has 92 valence electrons. The van der Waals surface area contributed by atoms with Gasteiger partial charge in [0.25, 0.3) is 0 Å². The van der Waals surface area contributed by atoms with Crippen LogP contribution >= 0.6 is 0 Å². The summed E-state index contributed by atoms with van der Waals surface area (Å²) < 4.78 is 5.23. The van der Waals surface area contributed by atoms with E-state index in [4.69, 9.17) is 4.42 Å². The Labute approximate surface area is 105 Å². The second-order valence-corrected chi connectivity index (χ2v) is 5.50. The van der Waals surface area contributed by atoms with Crippen molar-refractivity contribution in [3.63, 3.8) is 0 Å². The van der Waals surface area contributed by atoms with Crippen LogP contribution in [0.15, 0.2) is 29.1 Å². The van der Waals surface area contributed by atoms with E-state index in [2.05, 4.69) is 23.8 Å². The fourth-order valence-electron chi connectivity index (χ4n) is 2.42. The van der Waals surface area contributed by atoms with Gasteiger partial charge >= 0.3 is 0 Å². The number of carbonyl (C=O) groups is 1. The normalized spacial score (nSPS) is 17.6. The van der Waals surface area contributed by atoms with Gasteiger partial charge in [-0.2, -0.15) is 0 Å². The van der Waals surface area contributed by atoms with Crippen molar-refractivity contribution in [1.29, 1.82) is 0 Å². The molecule has 2 aromatic heterocycles. The van der Waals surface area contributed by atoms with E-state index in [1.165, 1.54) is 6.39 Å². The van der Waals surface area contributed by atoms with Crippen LogP contribution in [0.3, 0.4) is 0 Å². The topological polar surface area (TPSA) is 56.0 Å². The first-order chi connectivity index (χ1) is 8.55. The van der Waals surface area contributed by atoms with E-state index in [0.717, 1.165) is 23.4 Å². The number of pyridine rings is 1. The molecule has 0 fully saturated rings. The van der Waals surface area contributed by atoms with Crippen molar-refractivity contribution in [3.05, 3.63) is 36.0 Å². The highest BCUT2D eigenvalue weighted by atomic mass is 16.3. The minimum Gasteiger partial charge on any atom is -0.442 e. The second-order valence-electron chi connectivity index (χ2n) is 5.50. The number of hydrogen-bond donors (Lipinski definition) is 0. The average Bonchev–Trinajstić information content (AvgIpc) is 2.79. The molecule has 2 heterocycles. The van der Waals surface area contributed by atoms with Gasteiger partial charge < -0.3 is 4.42 Å². The van der Waals surface area contributed by atoms with E-state index < -0.39 is 0 Å². The predicted molar refractivity (Wildman–Crippen MR) is 66.2 cm³/mol. The molecule has 18 heavy (non-hydrogen) atoms. The van der Waals surface area contributed by atoms with Crippen LogP contribution in [0.5, 0.6) is 0 Å². The van der Waals surface area contributed by atoms with E-state index in [-0.39, 0.29) is 11.2 Å². The van der Waals surface area contributed by atoms with Gasteiger partial charge in [0.2, 0.25) is 0 Å². The van der Waals surface area contributed by atoms with Crippen LogP contribution in [-0.2, 0) is 6.42 Å². The number of carbonyl (C=O) groups excluding carboxylic acids is 1. The minimum atomic E-state index is -0.0167. The first-order valence-electron chi connectivity index (χ1n) is 5.97. The van der Waals surface area contributed by atoms with Crippen molar-refractivity contribution in [2.24, 2.45) is 5.41 Å². The maximum absolute atomic E-state index is 12.0. The molecule has 4 nitrogen and oxygen atoms in total. The SMILES string of the molecule is CC1(C)CC(=O)c2ccc(-c3cnco3)nc2C1. The van der Waals surface area contributed by atoms with Crippen LogP contribution in [-0.4, -0.2) is 15.8 Å². The standard InChI is InChI=1S/C14H14N2O2/c1-14(2)5-11-9(12(17)6-14)3-4-10(16-11)13-7-15-8-18-13/h3-4,7-8H,5-6H2,1-2H3. The molecule has 0 amide bonds. The highest BCUT2D eigenvalue weighted by molar-refractivity contribution is 5.98. The molecule has 0 unspecified atom stereocenters. The summed E-state index contributed by atoms with van der Waals surface area (Å²) >= 11 is 0. The van der Waals surface area contributed by atoms with Gasteiger partial charge in [-0.05, 0) is 24.0 Å². The maximum atomic E-state index is 12.0. The number of ketones is 1. The number of oxazole rings is 1. The summed E-state index contributed by atoms with van der Waals surface area (Å²) in [5.41, 5.74) is 2.33. The lowest BCUT2D eigenvalue weighted by molar-refractivity contribution is 0.0910. The third-order valence-corrected chi connectivity index (χ3v) is 3.24. The summed E-state index contributed by atoms with van der Waals surface area (Å²) in [6.45, 7) is 4.19. The number of nitrogens with zero attached hydrogens (tertiary/aromatic N) is 2. The average molecular weight is 242 g/mol. The Morgan fingerprint density at radius 1 is 1.28 bits per heavy atom. The zero-order chi connectivity index (χ0) is 12.8. The monoisotopic (exact) mass is 242 g/mol. The third-order valence-electron chi connectivity index (χ3n) is 3.24. The Kier molecular flexibility index (Phi) is 2.33. The third kappa shape index (κ3) is 1.83. The quantitative estimate of drug-likeness (QED) is 0.771. The van der Waals surface area contributed by atoms with E-state index in [0.29, 0.717) is 12.2 Å². The van der Waals surface area contributed by atoms with Crippen molar-refractivity contribution in [2.45, 2.75) is 26.7 Å². The molecule has 0 atom stereocenters. The molecule has 0 saturated carbocycles. The first-order valence-corrected chi connectivity index (χ1v) is 5.97. The van der Waals surface area contributed by atoms with Crippen LogP contribution < -0.4 is 0 Å². The summed E-state index contributed by atoms with van der Waals surface area (Å²) in [6, 6.07) is 3.66. The van der Waals surface area contributed by atoms with Crippen molar-refractivity contribution < 1.29 is 9.21 Å². The molecular formula is C14H14N2O2. The fraction of sp³-hybridized carbons (Fsp3) is 0.357. The van der Waals surface area contributed by atoms with Crippen LogP contribution in [0.1, 0.15) is 36.3 Å². The molecule has 0 radical (unpaired) electrons. The van der Waals surface area contributed by atoms with Gasteiger partial charge in [-0.3, -0.25) is 4.79 Å². The highest BCUT2D eigenvalue weighted by Gasteiger charge is 2.32. The summed E-state index contributed by atoms with van der Waals surface area (Å²) in [5.74, 6) is 0.812. The first kappa shape index (κ1) is 11.1. The molecule has 0 aliphatic heterocycles. The Bertz CT molecular complexity index is 600. The zero-order valence-electron chi connectivity index (χ0n) is 10.4. The largest absolute Gasteiger partial charge is 0.442 e. The van der Waals surface area contributed by atoms with Gasteiger partial charge in [-0.15, -0.1) is 0 Å². The molecule has 0 saturated heterocycles. The highest BCUT2D eigenvalue weighted by Crippen LogP contribution is 2.34. The minimum absolute atomic E-state index is 0.0167. The van der Waals surface area contributed by atoms with Crippen LogP contribution in [0.4, 0.5) is 0 Å². The Morgan fingerprint density at radius 2 is 2.11 bits per heavy atom. The predicted octanol–water partition coefficient (Wildman–Crippen LogP) is 2.89. The lowest BCUT2D eigenvalue weighted by Crippen LogP contribution is -2.27. The fourth-order valence-corrected chi connectivity index (χ4v) is 2.42. The molecular weight excluding hydrogens is 228 g/mol. The smallest absolute Gasteiger partial charge is 0.181 e. The van der Waals surface area contributed by atoms with Gasteiger partial charge in [-0.1, -0.05) is 13.8 Å². The maximum Gasteiger partial charge on any atom is 0.181 e. The number of aromatic nitrogens is 2. The molecule has 4 heteroatoms. The molecule has 3 rings (SSSR count). The van der Waals surface area contributed by atoms with E-state index in [9.17, 15) is 4.79 Å². The number of fused-ring (bicyclic) bond motifs is 1. The van der Waals surface area contributed by atoms with Gasteiger partial charge in [0.05, 0.1) is 11.9 Å². The number of hydrogen-bond acceptors (Lipinski definition) is 4.